The number of thioether (sulfide) groups is 1. The van der Waals surface area contributed by atoms with Crippen LogP contribution >= 0.6 is 39.3 Å². The third-order valence-corrected chi connectivity index (χ3v) is 5.61. The molecule has 0 aliphatic carbocycles. The summed E-state index contributed by atoms with van der Waals surface area (Å²) in [4.78, 5) is 25.6. The second-order valence-electron chi connectivity index (χ2n) is 5.77. The van der Waals surface area contributed by atoms with Crippen molar-refractivity contribution in [1.29, 1.82) is 0 Å². The number of imide groups is 1. The summed E-state index contributed by atoms with van der Waals surface area (Å²) in [5.74, 6) is -0.370. The quantitative estimate of drug-likeness (QED) is 0.372. The highest BCUT2D eigenvalue weighted by molar-refractivity contribution is 9.10. The zero-order valence-corrected chi connectivity index (χ0v) is 17.6. The molecule has 2 aromatic rings. The van der Waals surface area contributed by atoms with Crippen LogP contribution in [0.4, 0.5) is 9.18 Å². The van der Waals surface area contributed by atoms with Crippen molar-refractivity contribution < 1.29 is 18.7 Å². The molecule has 3 rings (SSSR count). The fourth-order valence-corrected chi connectivity index (χ4v) is 4.34. The molecule has 4 nitrogen and oxygen atoms in total. The Kier molecular flexibility index (Phi) is 6.59. The maximum Gasteiger partial charge on any atom is 0.293 e. The molecular weight excluding hydrogens is 469 g/mol. The molecule has 1 heterocycles. The van der Waals surface area contributed by atoms with Gasteiger partial charge in [-0.05, 0) is 57.5 Å². The minimum atomic E-state index is -0.373. The van der Waals surface area contributed by atoms with Crippen LogP contribution in [0, 0.1) is 5.82 Å². The van der Waals surface area contributed by atoms with Crippen LogP contribution in [0.5, 0.6) is 5.75 Å². The number of carbonyl (C=O) groups excluding carboxylic acids is 2. The molecule has 144 valence electrons. The predicted molar refractivity (Wildman–Crippen MR) is 113 cm³/mol. The fourth-order valence-electron chi connectivity index (χ4n) is 2.50. The van der Waals surface area contributed by atoms with Gasteiger partial charge in [-0.3, -0.25) is 14.5 Å². The van der Waals surface area contributed by atoms with Gasteiger partial charge in [0.2, 0.25) is 0 Å². The Morgan fingerprint density at radius 1 is 1.29 bits per heavy atom. The van der Waals surface area contributed by atoms with Crippen LogP contribution in [0.2, 0.25) is 5.02 Å². The van der Waals surface area contributed by atoms with E-state index in [0.29, 0.717) is 31.3 Å². The topological polar surface area (TPSA) is 46.6 Å². The lowest BCUT2D eigenvalue weighted by molar-refractivity contribution is -0.122. The van der Waals surface area contributed by atoms with E-state index in [0.717, 1.165) is 16.7 Å². The number of carbonyl (C=O) groups is 2. The average molecular weight is 483 g/mol. The lowest BCUT2D eigenvalue weighted by atomic mass is 10.2. The minimum absolute atomic E-state index is 0.0186. The van der Waals surface area contributed by atoms with Crippen LogP contribution in [-0.2, 0) is 11.4 Å². The van der Waals surface area contributed by atoms with Gasteiger partial charge in [0.1, 0.15) is 12.4 Å². The summed E-state index contributed by atoms with van der Waals surface area (Å²) >= 11 is 10.6. The van der Waals surface area contributed by atoms with Crippen molar-refractivity contribution in [2.75, 3.05) is 6.54 Å². The summed E-state index contributed by atoms with van der Waals surface area (Å²) < 4.78 is 19.9. The first-order chi connectivity index (χ1) is 13.4. The van der Waals surface area contributed by atoms with E-state index in [2.05, 4.69) is 22.5 Å². The summed E-state index contributed by atoms with van der Waals surface area (Å²) in [7, 11) is 0. The summed E-state index contributed by atoms with van der Waals surface area (Å²) in [6.07, 6.45) is 3.08. The van der Waals surface area contributed by atoms with Crippen molar-refractivity contribution in [3.05, 3.63) is 80.4 Å². The molecular formula is C20H14BrClFNO3S. The second kappa shape index (κ2) is 8.94. The average Bonchev–Trinajstić information content (AvgIpc) is 2.90. The molecule has 28 heavy (non-hydrogen) atoms. The van der Waals surface area contributed by atoms with Gasteiger partial charge in [0, 0.05) is 12.1 Å². The minimum Gasteiger partial charge on any atom is -0.486 e. The van der Waals surface area contributed by atoms with Gasteiger partial charge in [-0.2, -0.15) is 0 Å². The molecule has 0 unspecified atom stereocenters. The Labute approximate surface area is 179 Å². The van der Waals surface area contributed by atoms with E-state index in [4.69, 9.17) is 16.3 Å². The molecule has 0 aromatic heterocycles. The molecule has 0 saturated carbocycles. The molecule has 1 aliphatic heterocycles. The van der Waals surface area contributed by atoms with Crippen molar-refractivity contribution in [3.63, 3.8) is 0 Å². The summed E-state index contributed by atoms with van der Waals surface area (Å²) in [5.41, 5.74) is 1.03. The first kappa shape index (κ1) is 20.6. The molecule has 0 radical (unpaired) electrons. The smallest absolute Gasteiger partial charge is 0.293 e. The van der Waals surface area contributed by atoms with Crippen molar-refractivity contribution in [1.82, 2.24) is 4.90 Å². The molecule has 2 aromatic carbocycles. The van der Waals surface area contributed by atoms with Crippen LogP contribution in [0.15, 0.2) is 58.4 Å². The van der Waals surface area contributed by atoms with Crippen molar-refractivity contribution >= 4 is 56.5 Å². The van der Waals surface area contributed by atoms with E-state index >= 15 is 0 Å². The van der Waals surface area contributed by atoms with Crippen molar-refractivity contribution in [3.8, 4) is 5.75 Å². The van der Waals surface area contributed by atoms with Gasteiger partial charge in [0.15, 0.2) is 5.75 Å². The lowest BCUT2D eigenvalue weighted by Crippen LogP contribution is -2.27. The molecule has 8 heteroatoms. The van der Waals surface area contributed by atoms with Crippen LogP contribution in [0.25, 0.3) is 6.08 Å². The normalized spacial score (nSPS) is 15.4. The van der Waals surface area contributed by atoms with E-state index in [-0.39, 0.29) is 30.1 Å². The van der Waals surface area contributed by atoms with E-state index in [1.807, 2.05) is 0 Å². The van der Waals surface area contributed by atoms with E-state index in [1.54, 1.807) is 36.4 Å². The van der Waals surface area contributed by atoms with E-state index < -0.39 is 0 Å². The first-order valence-electron chi connectivity index (χ1n) is 8.12. The predicted octanol–water partition coefficient (Wildman–Crippen LogP) is 6.04. The second-order valence-corrected chi connectivity index (χ2v) is 8.03. The van der Waals surface area contributed by atoms with Gasteiger partial charge in [-0.25, -0.2) is 4.39 Å². The van der Waals surface area contributed by atoms with Gasteiger partial charge in [-0.1, -0.05) is 35.9 Å². The lowest BCUT2D eigenvalue weighted by Gasteiger charge is -2.12. The van der Waals surface area contributed by atoms with E-state index in [1.165, 1.54) is 12.1 Å². The van der Waals surface area contributed by atoms with Crippen LogP contribution in [0.3, 0.4) is 0 Å². The Morgan fingerprint density at radius 2 is 2.04 bits per heavy atom. The van der Waals surface area contributed by atoms with Crippen LogP contribution < -0.4 is 4.74 Å². The van der Waals surface area contributed by atoms with Crippen LogP contribution in [-0.4, -0.2) is 22.6 Å². The molecule has 2 amide bonds. The Balaban J connectivity index is 1.80. The summed E-state index contributed by atoms with van der Waals surface area (Å²) in [6.45, 7) is 3.72. The molecule has 1 saturated heterocycles. The van der Waals surface area contributed by atoms with Gasteiger partial charge in [-0.15, -0.1) is 6.58 Å². The van der Waals surface area contributed by atoms with Gasteiger partial charge < -0.3 is 4.74 Å². The fraction of sp³-hybridized carbons (Fsp3) is 0.100. The molecule has 0 bridgehead atoms. The zero-order valence-electron chi connectivity index (χ0n) is 14.5. The number of ether oxygens (including phenoxy) is 1. The van der Waals surface area contributed by atoms with Crippen LogP contribution in [0.1, 0.15) is 11.1 Å². The molecule has 1 aliphatic rings. The van der Waals surface area contributed by atoms with E-state index in [9.17, 15) is 14.0 Å². The molecule has 1 fully saturated rings. The summed E-state index contributed by atoms with van der Waals surface area (Å²) in [5, 5.41) is -0.0477. The Bertz CT molecular complexity index is 972. The first-order valence-corrected chi connectivity index (χ1v) is 10.1. The zero-order chi connectivity index (χ0) is 20.3. The molecule has 0 atom stereocenters. The third-order valence-electron chi connectivity index (χ3n) is 3.83. The highest BCUT2D eigenvalue weighted by Crippen LogP contribution is 2.38. The van der Waals surface area contributed by atoms with Crippen molar-refractivity contribution in [2.45, 2.75) is 6.61 Å². The molecule has 0 spiro atoms. The number of hydrogen-bond donors (Lipinski definition) is 0. The highest BCUT2D eigenvalue weighted by Gasteiger charge is 2.34. The Hall–Kier alpha value is -2.09. The highest BCUT2D eigenvalue weighted by atomic mass is 79.9. The number of benzene rings is 2. The summed E-state index contributed by atoms with van der Waals surface area (Å²) in [6, 6.07) is 9.64. The molecule has 0 N–H and O–H groups in total. The third kappa shape index (κ3) is 4.48. The number of halogens is 3. The number of rotatable bonds is 6. The Morgan fingerprint density at radius 3 is 2.71 bits per heavy atom. The largest absolute Gasteiger partial charge is 0.486 e. The van der Waals surface area contributed by atoms with Gasteiger partial charge in [0.05, 0.1) is 14.4 Å². The maximum atomic E-state index is 13.7. The van der Waals surface area contributed by atoms with Gasteiger partial charge >= 0.3 is 0 Å². The standard InChI is InChI=1S/C20H14BrClFNO3S/c1-2-7-24-19(25)17(28-20(24)26)10-12-8-14(21)18(15(22)9-12)27-11-13-5-3-4-6-16(13)23/h2-6,8-10H,1,7,11H2/b17-10+. The number of amides is 2. The maximum absolute atomic E-state index is 13.7. The monoisotopic (exact) mass is 481 g/mol. The number of nitrogens with zero attached hydrogens (tertiary/aromatic N) is 1. The van der Waals surface area contributed by atoms with Crippen molar-refractivity contribution in [2.24, 2.45) is 0 Å². The SMILES string of the molecule is C=CCN1C(=O)S/C(=C/c2cc(Cl)c(OCc3ccccc3F)c(Br)c2)C1=O. The van der Waals surface area contributed by atoms with Gasteiger partial charge in [0.25, 0.3) is 11.1 Å². The number of hydrogen-bond acceptors (Lipinski definition) is 4.